The molecule has 2 N–H and O–H groups in total. The molecule has 0 spiro atoms. The van der Waals surface area contributed by atoms with Crippen LogP contribution in [-0.2, 0) is 13.3 Å². The molecular formula is C11H17FN2O3. The van der Waals surface area contributed by atoms with E-state index >= 15 is 0 Å². The molecule has 17 heavy (non-hydrogen) atoms. The number of carbonyl (C=O) groups is 1. The first kappa shape index (κ1) is 13.6. The zero-order valence-electron chi connectivity index (χ0n) is 10.2. The second-order valence-electron chi connectivity index (χ2n) is 4.23. The Labute approximate surface area is 99.0 Å². The van der Waals surface area contributed by atoms with Crippen LogP contribution >= 0.6 is 0 Å². The van der Waals surface area contributed by atoms with Gasteiger partial charge in [-0.1, -0.05) is 19.0 Å². The van der Waals surface area contributed by atoms with Crippen LogP contribution in [0.3, 0.4) is 0 Å². The van der Waals surface area contributed by atoms with Gasteiger partial charge < -0.3 is 14.9 Å². The normalized spacial score (nSPS) is 12.8. The maximum absolute atomic E-state index is 12.7. The van der Waals surface area contributed by atoms with Crippen molar-refractivity contribution in [1.29, 1.82) is 0 Å². The van der Waals surface area contributed by atoms with E-state index in [-0.39, 0.29) is 29.0 Å². The molecular weight excluding hydrogens is 227 g/mol. The van der Waals surface area contributed by atoms with E-state index in [9.17, 15) is 9.18 Å². The van der Waals surface area contributed by atoms with Gasteiger partial charge >= 0.3 is 0 Å². The van der Waals surface area contributed by atoms with Crippen LogP contribution in [0.5, 0.6) is 0 Å². The average Bonchev–Trinajstić information content (AvgIpc) is 2.71. The summed E-state index contributed by atoms with van der Waals surface area (Å²) in [7, 11) is 0. The Morgan fingerprint density at radius 1 is 1.53 bits per heavy atom. The summed E-state index contributed by atoms with van der Waals surface area (Å²) in [5.41, 5.74) is -0.0787. The van der Waals surface area contributed by atoms with Crippen LogP contribution < -0.4 is 5.32 Å². The van der Waals surface area contributed by atoms with Crippen molar-refractivity contribution in [3.63, 3.8) is 0 Å². The molecule has 0 aliphatic rings. The highest BCUT2D eigenvalue weighted by molar-refractivity contribution is 5.93. The number of aliphatic hydroxyl groups excluding tert-OH is 1. The van der Waals surface area contributed by atoms with Crippen molar-refractivity contribution in [3.8, 4) is 0 Å². The number of halogens is 1. The number of nitrogens with one attached hydrogen (secondary N) is 1. The molecule has 1 amide bonds. The fourth-order valence-corrected chi connectivity index (χ4v) is 1.23. The largest absolute Gasteiger partial charge is 0.388 e. The van der Waals surface area contributed by atoms with E-state index in [1.165, 1.54) is 0 Å². The second kappa shape index (κ2) is 5.77. The molecule has 0 saturated carbocycles. The van der Waals surface area contributed by atoms with Crippen LogP contribution in [0.1, 0.15) is 42.6 Å². The lowest BCUT2D eigenvalue weighted by atomic mass is 10.1. The lowest BCUT2D eigenvalue weighted by Gasteiger charge is -2.16. The second-order valence-corrected chi connectivity index (χ2v) is 4.23. The van der Waals surface area contributed by atoms with Crippen molar-refractivity contribution in [2.24, 2.45) is 5.92 Å². The summed E-state index contributed by atoms with van der Waals surface area (Å²) in [6.45, 7) is 4.41. The summed E-state index contributed by atoms with van der Waals surface area (Å²) in [5, 5.41) is 15.1. The third-order valence-electron chi connectivity index (χ3n) is 2.72. The minimum absolute atomic E-state index is 0.00477. The minimum atomic E-state index is -0.891. The van der Waals surface area contributed by atoms with Crippen LogP contribution in [-0.4, -0.2) is 22.2 Å². The maximum atomic E-state index is 12.7. The molecule has 0 aliphatic heterocycles. The summed E-state index contributed by atoms with van der Waals surface area (Å²) in [4.78, 5) is 11.8. The Bertz CT molecular complexity index is 390. The third-order valence-corrected chi connectivity index (χ3v) is 2.72. The first-order valence-corrected chi connectivity index (χ1v) is 5.46. The zero-order chi connectivity index (χ0) is 13.0. The number of aromatic nitrogens is 1. The number of alkyl halides is 1. The smallest absolute Gasteiger partial charge is 0.274 e. The quantitative estimate of drug-likeness (QED) is 0.821. The van der Waals surface area contributed by atoms with Crippen molar-refractivity contribution in [3.05, 3.63) is 17.0 Å². The molecule has 1 aromatic heterocycles. The monoisotopic (exact) mass is 244 g/mol. The van der Waals surface area contributed by atoms with Crippen LogP contribution in [0.2, 0.25) is 0 Å². The predicted molar refractivity (Wildman–Crippen MR) is 59.0 cm³/mol. The lowest BCUT2D eigenvalue weighted by Crippen LogP contribution is -2.36. The van der Waals surface area contributed by atoms with E-state index in [4.69, 9.17) is 9.63 Å². The van der Waals surface area contributed by atoms with E-state index in [0.29, 0.717) is 0 Å². The van der Waals surface area contributed by atoms with Gasteiger partial charge in [0.25, 0.3) is 5.91 Å². The molecule has 0 bridgehead atoms. The first-order valence-electron chi connectivity index (χ1n) is 5.46. The van der Waals surface area contributed by atoms with Gasteiger partial charge in [0.05, 0.1) is 5.56 Å². The van der Waals surface area contributed by atoms with Crippen molar-refractivity contribution in [1.82, 2.24) is 10.5 Å². The average molecular weight is 244 g/mol. The standard InChI is InChI=1S/C11H17FN2O3/c1-6(2)7(3)13-11(16)10-8(4-12)9(5-15)17-14-10/h6-7,15H,4-5H2,1-3H3,(H,13,16). The van der Waals surface area contributed by atoms with Gasteiger partial charge in [0.15, 0.2) is 11.5 Å². The summed E-state index contributed by atoms with van der Waals surface area (Å²) >= 11 is 0. The van der Waals surface area contributed by atoms with E-state index in [2.05, 4.69) is 10.5 Å². The highest BCUT2D eigenvalue weighted by Crippen LogP contribution is 2.16. The Balaban J connectivity index is 2.85. The number of rotatable bonds is 5. The molecule has 96 valence electrons. The van der Waals surface area contributed by atoms with Crippen LogP contribution in [0.4, 0.5) is 4.39 Å². The van der Waals surface area contributed by atoms with Crippen molar-refractivity contribution < 1.29 is 18.8 Å². The fraction of sp³-hybridized carbons (Fsp3) is 0.636. The molecule has 1 heterocycles. The van der Waals surface area contributed by atoms with Gasteiger partial charge in [-0.05, 0) is 12.8 Å². The highest BCUT2D eigenvalue weighted by atomic mass is 19.1. The molecule has 0 fully saturated rings. The molecule has 5 nitrogen and oxygen atoms in total. The topological polar surface area (TPSA) is 75.4 Å². The molecule has 1 unspecified atom stereocenters. The van der Waals surface area contributed by atoms with Gasteiger partial charge in [-0.25, -0.2) is 4.39 Å². The zero-order valence-corrected chi connectivity index (χ0v) is 10.2. The molecule has 0 radical (unpaired) electrons. The summed E-state index contributed by atoms with van der Waals surface area (Å²) in [6, 6.07) is -0.0516. The predicted octanol–water partition coefficient (Wildman–Crippen LogP) is 1.41. The number of hydrogen-bond donors (Lipinski definition) is 2. The number of carbonyl (C=O) groups excluding carboxylic acids is 1. The van der Waals surface area contributed by atoms with E-state index in [1.54, 1.807) is 0 Å². The summed E-state index contributed by atoms with van der Waals surface area (Å²) in [6.07, 6.45) is 0. The number of hydrogen-bond acceptors (Lipinski definition) is 4. The van der Waals surface area contributed by atoms with E-state index < -0.39 is 19.2 Å². The minimum Gasteiger partial charge on any atom is -0.388 e. The number of amides is 1. The lowest BCUT2D eigenvalue weighted by molar-refractivity contribution is 0.0919. The van der Waals surface area contributed by atoms with Crippen LogP contribution in [0.25, 0.3) is 0 Å². The van der Waals surface area contributed by atoms with Crippen LogP contribution in [0, 0.1) is 5.92 Å². The van der Waals surface area contributed by atoms with Crippen molar-refractivity contribution in [2.45, 2.75) is 40.1 Å². The highest BCUT2D eigenvalue weighted by Gasteiger charge is 2.22. The Kier molecular flexibility index (Phi) is 4.62. The number of aliphatic hydroxyl groups is 1. The first-order chi connectivity index (χ1) is 8.01. The molecule has 0 aromatic carbocycles. The summed E-state index contributed by atoms with van der Waals surface area (Å²) < 4.78 is 17.4. The Hall–Kier alpha value is -1.43. The SMILES string of the molecule is CC(C)C(C)NC(=O)c1noc(CO)c1CF. The van der Waals surface area contributed by atoms with Crippen LogP contribution in [0.15, 0.2) is 4.52 Å². The molecule has 6 heteroatoms. The van der Waals surface area contributed by atoms with Crippen molar-refractivity contribution >= 4 is 5.91 Å². The van der Waals surface area contributed by atoms with Gasteiger partial charge in [-0.15, -0.1) is 0 Å². The molecule has 0 aliphatic carbocycles. The molecule has 1 atom stereocenters. The Morgan fingerprint density at radius 2 is 2.18 bits per heavy atom. The molecule has 0 saturated heterocycles. The Morgan fingerprint density at radius 3 is 2.65 bits per heavy atom. The number of nitrogens with zero attached hydrogens (tertiary/aromatic N) is 1. The summed E-state index contributed by atoms with van der Waals surface area (Å²) in [5.74, 6) is -0.228. The fourth-order valence-electron chi connectivity index (χ4n) is 1.23. The van der Waals surface area contributed by atoms with Gasteiger partial charge in [0, 0.05) is 6.04 Å². The van der Waals surface area contributed by atoms with Gasteiger partial charge in [-0.3, -0.25) is 4.79 Å². The van der Waals surface area contributed by atoms with E-state index in [0.717, 1.165) is 0 Å². The molecule has 1 aromatic rings. The maximum Gasteiger partial charge on any atom is 0.274 e. The van der Waals surface area contributed by atoms with Crippen molar-refractivity contribution in [2.75, 3.05) is 0 Å². The molecule has 1 rings (SSSR count). The third kappa shape index (κ3) is 3.03. The van der Waals surface area contributed by atoms with Gasteiger partial charge in [-0.2, -0.15) is 0 Å². The van der Waals surface area contributed by atoms with E-state index in [1.807, 2.05) is 20.8 Å². The van der Waals surface area contributed by atoms with Gasteiger partial charge in [0.1, 0.15) is 13.3 Å². The van der Waals surface area contributed by atoms with Gasteiger partial charge in [0.2, 0.25) is 0 Å².